The SMILES string of the molecule is OB1c2ccccc2-c2cccc3cccc1c23. The molecule has 1 aliphatic heterocycles. The lowest BCUT2D eigenvalue weighted by molar-refractivity contribution is 0.600. The van der Waals surface area contributed by atoms with E-state index in [1.807, 2.05) is 30.3 Å². The summed E-state index contributed by atoms with van der Waals surface area (Å²) in [5.74, 6) is 0. The van der Waals surface area contributed by atoms with Crippen molar-refractivity contribution < 1.29 is 5.02 Å². The first-order chi connectivity index (χ1) is 8.86. The lowest BCUT2D eigenvalue weighted by atomic mass is 9.50. The molecule has 3 aromatic rings. The Hall–Kier alpha value is -2.06. The highest BCUT2D eigenvalue weighted by Gasteiger charge is 2.28. The molecule has 0 saturated heterocycles. The van der Waals surface area contributed by atoms with Gasteiger partial charge in [-0.3, -0.25) is 0 Å². The summed E-state index contributed by atoms with van der Waals surface area (Å²) in [4.78, 5) is 0. The number of benzene rings is 3. The van der Waals surface area contributed by atoms with Gasteiger partial charge in [0.25, 0.3) is 0 Å². The average molecular weight is 230 g/mol. The Balaban J connectivity index is 2.24. The van der Waals surface area contributed by atoms with Gasteiger partial charge in [-0.15, -0.1) is 0 Å². The van der Waals surface area contributed by atoms with Crippen molar-refractivity contribution >= 4 is 28.6 Å². The molecule has 0 amide bonds. The summed E-state index contributed by atoms with van der Waals surface area (Å²) in [6.07, 6.45) is 0. The molecule has 0 atom stereocenters. The van der Waals surface area contributed by atoms with E-state index < -0.39 is 6.92 Å². The predicted molar refractivity (Wildman–Crippen MR) is 76.6 cm³/mol. The van der Waals surface area contributed by atoms with Gasteiger partial charge in [-0.1, -0.05) is 60.7 Å². The monoisotopic (exact) mass is 230 g/mol. The topological polar surface area (TPSA) is 20.2 Å². The fourth-order valence-electron chi connectivity index (χ4n) is 2.97. The van der Waals surface area contributed by atoms with Gasteiger partial charge in [0.1, 0.15) is 0 Å². The summed E-state index contributed by atoms with van der Waals surface area (Å²) in [6.45, 7) is -0.514. The first kappa shape index (κ1) is 9.92. The molecule has 0 fully saturated rings. The molecule has 1 aliphatic rings. The van der Waals surface area contributed by atoms with Crippen LogP contribution in [0.2, 0.25) is 0 Å². The van der Waals surface area contributed by atoms with Crippen molar-refractivity contribution in [2.45, 2.75) is 0 Å². The third-order valence-electron chi connectivity index (χ3n) is 3.78. The van der Waals surface area contributed by atoms with Crippen LogP contribution in [0.1, 0.15) is 0 Å². The fraction of sp³-hybridized carbons (Fsp3) is 0. The van der Waals surface area contributed by atoms with E-state index in [1.165, 1.54) is 16.3 Å². The lowest BCUT2D eigenvalue weighted by Gasteiger charge is -2.22. The first-order valence-corrected chi connectivity index (χ1v) is 6.15. The van der Waals surface area contributed by atoms with Crippen molar-refractivity contribution in [1.29, 1.82) is 0 Å². The Morgan fingerprint density at radius 2 is 1.33 bits per heavy atom. The molecular weight excluding hydrogens is 219 g/mol. The Kier molecular flexibility index (Phi) is 1.91. The van der Waals surface area contributed by atoms with E-state index in [2.05, 4.69) is 30.3 Å². The minimum Gasteiger partial charge on any atom is -0.443 e. The first-order valence-electron chi connectivity index (χ1n) is 6.15. The zero-order chi connectivity index (χ0) is 12.1. The maximum atomic E-state index is 10.5. The second-order valence-corrected chi connectivity index (χ2v) is 4.74. The van der Waals surface area contributed by atoms with E-state index in [0.29, 0.717) is 0 Å². The van der Waals surface area contributed by atoms with E-state index >= 15 is 0 Å². The van der Waals surface area contributed by atoms with Crippen molar-refractivity contribution in [1.82, 2.24) is 0 Å². The van der Waals surface area contributed by atoms with Gasteiger partial charge in [0, 0.05) is 0 Å². The average Bonchev–Trinajstić information content (AvgIpc) is 2.44. The molecule has 1 nitrogen and oxygen atoms in total. The summed E-state index contributed by atoms with van der Waals surface area (Å²) < 4.78 is 0. The molecule has 0 radical (unpaired) electrons. The number of hydrogen-bond donors (Lipinski definition) is 1. The lowest BCUT2D eigenvalue weighted by Crippen LogP contribution is -2.46. The quantitative estimate of drug-likeness (QED) is 0.585. The number of hydrogen-bond acceptors (Lipinski definition) is 1. The van der Waals surface area contributed by atoms with Crippen LogP contribution in [0, 0.1) is 0 Å². The van der Waals surface area contributed by atoms with Gasteiger partial charge in [-0.25, -0.2) is 0 Å². The molecule has 4 rings (SSSR count). The largest absolute Gasteiger partial charge is 0.443 e. The Morgan fingerprint density at radius 3 is 2.22 bits per heavy atom. The third-order valence-corrected chi connectivity index (χ3v) is 3.78. The molecule has 0 bridgehead atoms. The standard InChI is InChI=1S/C16H11BO/c18-17-14-9-2-1-7-12(14)13-8-3-5-11-6-4-10-15(17)16(11)13/h1-10,18H. The maximum Gasteiger partial charge on any atom is 0.360 e. The van der Waals surface area contributed by atoms with Gasteiger partial charge in [0.05, 0.1) is 0 Å². The summed E-state index contributed by atoms with van der Waals surface area (Å²) in [6, 6.07) is 20.6. The second kappa shape index (κ2) is 3.47. The molecule has 18 heavy (non-hydrogen) atoms. The molecule has 0 aromatic heterocycles. The highest BCUT2D eigenvalue weighted by molar-refractivity contribution is 6.83. The van der Waals surface area contributed by atoms with Crippen LogP contribution in [0.25, 0.3) is 21.9 Å². The fourth-order valence-corrected chi connectivity index (χ4v) is 2.97. The molecule has 0 spiro atoms. The molecule has 2 heteroatoms. The Bertz CT molecular complexity index is 759. The number of rotatable bonds is 0. The van der Waals surface area contributed by atoms with Gasteiger partial charge < -0.3 is 5.02 Å². The zero-order valence-electron chi connectivity index (χ0n) is 9.80. The van der Waals surface area contributed by atoms with Crippen LogP contribution in [0.4, 0.5) is 0 Å². The highest BCUT2D eigenvalue weighted by Crippen LogP contribution is 2.29. The van der Waals surface area contributed by atoms with E-state index in [0.717, 1.165) is 16.5 Å². The van der Waals surface area contributed by atoms with Crippen LogP contribution in [0.5, 0.6) is 0 Å². The molecular formula is C16H11BO. The minimum absolute atomic E-state index is 0.514. The van der Waals surface area contributed by atoms with Crippen molar-refractivity contribution in [3.05, 3.63) is 60.7 Å². The van der Waals surface area contributed by atoms with Gasteiger partial charge in [-0.05, 0) is 32.8 Å². The molecule has 84 valence electrons. The van der Waals surface area contributed by atoms with Crippen molar-refractivity contribution in [2.24, 2.45) is 0 Å². The van der Waals surface area contributed by atoms with Gasteiger partial charge in [0.15, 0.2) is 0 Å². The van der Waals surface area contributed by atoms with Crippen molar-refractivity contribution in [3.63, 3.8) is 0 Å². The summed E-state index contributed by atoms with van der Waals surface area (Å²) in [7, 11) is 0. The van der Waals surface area contributed by atoms with Crippen molar-refractivity contribution in [2.75, 3.05) is 0 Å². The van der Waals surface area contributed by atoms with Crippen LogP contribution in [0.3, 0.4) is 0 Å². The van der Waals surface area contributed by atoms with Gasteiger partial charge in [0.2, 0.25) is 0 Å². The maximum absolute atomic E-state index is 10.5. The van der Waals surface area contributed by atoms with Crippen LogP contribution in [-0.2, 0) is 0 Å². The smallest absolute Gasteiger partial charge is 0.360 e. The van der Waals surface area contributed by atoms with Crippen molar-refractivity contribution in [3.8, 4) is 11.1 Å². The minimum atomic E-state index is -0.514. The predicted octanol–water partition coefficient (Wildman–Crippen LogP) is 1.92. The van der Waals surface area contributed by atoms with E-state index in [9.17, 15) is 5.02 Å². The Labute approximate surface area is 106 Å². The molecule has 1 heterocycles. The van der Waals surface area contributed by atoms with Crippen LogP contribution in [0.15, 0.2) is 60.7 Å². The molecule has 0 aliphatic carbocycles. The summed E-state index contributed by atoms with van der Waals surface area (Å²) in [5.41, 5.74) is 4.39. The summed E-state index contributed by atoms with van der Waals surface area (Å²) >= 11 is 0. The normalized spacial score (nSPS) is 12.6. The van der Waals surface area contributed by atoms with E-state index in [1.54, 1.807) is 0 Å². The zero-order valence-corrected chi connectivity index (χ0v) is 9.80. The second-order valence-electron chi connectivity index (χ2n) is 4.74. The third kappa shape index (κ3) is 1.16. The highest BCUT2D eigenvalue weighted by atomic mass is 16.2. The van der Waals surface area contributed by atoms with Crippen LogP contribution < -0.4 is 10.9 Å². The molecule has 1 N–H and O–H groups in total. The molecule has 0 unspecified atom stereocenters. The molecule has 3 aromatic carbocycles. The van der Waals surface area contributed by atoms with Crippen LogP contribution in [-0.4, -0.2) is 11.9 Å². The van der Waals surface area contributed by atoms with E-state index in [4.69, 9.17) is 0 Å². The summed E-state index contributed by atoms with van der Waals surface area (Å²) in [5, 5.41) is 12.9. The van der Waals surface area contributed by atoms with Gasteiger partial charge >= 0.3 is 6.92 Å². The molecule has 0 saturated carbocycles. The Morgan fingerprint density at radius 1 is 0.667 bits per heavy atom. The van der Waals surface area contributed by atoms with E-state index in [-0.39, 0.29) is 0 Å². The number of fused-ring (bicyclic) bond motifs is 2. The van der Waals surface area contributed by atoms with Gasteiger partial charge in [-0.2, -0.15) is 0 Å². The van der Waals surface area contributed by atoms with Crippen LogP contribution >= 0.6 is 0 Å².